The Morgan fingerprint density at radius 2 is 1.61 bits per heavy atom. The average Bonchev–Trinajstić information content (AvgIpc) is 3.44. The highest BCUT2D eigenvalue weighted by molar-refractivity contribution is 7.98. The number of carbonyl (C=O) groups is 1. The van der Waals surface area contributed by atoms with E-state index in [4.69, 9.17) is 49.6 Å². The van der Waals surface area contributed by atoms with Gasteiger partial charge in [-0.05, 0) is 79.4 Å². The van der Waals surface area contributed by atoms with Crippen LogP contribution in [-0.4, -0.2) is 20.7 Å². The molecule has 0 fully saturated rings. The van der Waals surface area contributed by atoms with E-state index in [1.54, 1.807) is 22.9 Å². The molecule has 0 spiro atoms. The maximum absolute atomic E-state index is 14.0. The van der Waals surface area contributed by atoms with Crippen molar-refractivity contribution in [3.05, 3.63) is 139 Å². The third-order valence-corrected chi connectivity index (χ3v) is 9.85. The molecule has 0 radical (unpaired) electrons. The molecule has 11 heteroatoms. The number of rotatable bonds is 9. The highest BCUT2D eigenvalue weighted by Crippen LogP contribution is 2.38. The zero-order chi connectivity index (χ0) is 32.4. The highest BCUT2D eigenvalue weighted by Gasteiger charge is 2.34. The average molecular weight is 691 g/mol. The molecule has 1 aliphatic heterocycles. The number of carbonyl (C=O) groups excluding carboxylic acids is 1. The van der Waals surface area contributed by atoms with E-state index in [1.807, 2.05) is 87.5 Å². The van der Waals surface area contributed by atoms with Crippen LogP contribution in [-0.2, 0) is 17.2 Å². The molecule has 4 aromatic carbocycles. The van der Waals surface area contributed by atoms with Gasteiger partial charge in [0.2, 0.25) is 11.1 Å². The predicted molar refractivity (Wildman–Crippen MR) is 187 cm³/mol. The predicted octanol–water partition coefficient (Wildman–Crippen LogP) is 9.65. The lowest BCUT2D eigenvalue weighted by molar-refractivity contribution is -0.113. The van der Waals surface area contributed by atoms with Crippen LogP contribution in [0.5, 0.6) is 5.75 Å². The number of ether oxygens (including phenoxy) is 1. The lowest BCUT2D eigenvalue weighted by atomic mass is 9.94. The number of nitrogens with one attached hydrogen (secondary N) is 2. The molecule has 0 bridgehead atoms. The Morgan fingerprint density at radius 1 is 0.913 bits per heavy atom. The molecule has 5 aromatic rings. The van der Waals surface area contributed by atoms with Crippen molar-refractivity contribution in [1.29, 1.82) is 0 Å². The van der Waals surface area contributed by atoms with Gasteiger partial charge in [-0.1, -0.05) is 95.1 Å². The highest BCUT2D eigenvalue weighted by atomic mass is 35.5. The van der Waals surface area contributed by atoms with E-state index >= 15 is 0 Å². The molecule has 6 rings (SSSR count). The van der Waals surface area contributed by atoms with Crippen molar-refractivity contribution in [2.75, 3.05) is 10.6 Å². The number of halogens is 3. The van der Waals surface area contributed by atoms with E-state index in [1.165, 1.54) is 11.8 Å². The maximum Gasteiger partial charge on any atom is 0.255 e. The van der Waals surface area contributed by atoms with Gasteiger partial charge < -0.3 is 15.4 Å². The topological polar surface area (TPSA) is 81.1 Å². The monoisotopic (exact) mass is 689 g/mol. The number of hydrogen-bond donors (Lipinski definition) is 2. The number of benzene rings is 4. The molecule has 2 heterocycles. The summed E-state index contributed by atoms with van der Waals surface area (Å²) < 4.78 is 7.79. The smallest absolute Gasteiger partial charge is 0.255 e. The van der Waals surface area contributed by atoms with Gasteiger partial charge in [0, 0.05) is 37.8 Å². The molecular formula is C35H30Cl3N5O2S. The van der Waals surface area contributed by atoms with Crippen molar-refractivity contribution < 1.29 is 9.53 Å². The van der Waals surface area contributed by atoms with Gasteiger partial charge in [-0.3, -0.25) is 4.79 Å². The van der Waals surface area contributed by atoms with Gasteiger partial charge >= 0.3 is 0 Å². The van der Waals surface area contributed by atoms with Gasteiger partial charge in [-0.25, -0.2) is 4.68 Å². The summed E-state index contributed by atoms with van der Waals surface area (Å²) in [5, 5.41) is 13.7. The van der Waals surface area contributed by atoms with Crippen LogP contribution in [0.15, 0.2) is 101 Å². The lowest BCUT2D eigenvalue weighted by Gasteiger charge is -2.29. The number of amides is 1. The molecule has 1 aromatic heterocycles. The number of fused-ring (bicyclic) bond motifs is 1. The molecule has 234 valence electrons. The second-order valence-electron chi connectivity index (χ2n) is 10.9. The molecular weight excluding hydrogens is 661 g/mol. The molecule has 1 aliphatic rings. The molecule has 1 amide bonds. The fraction of sp³-hybridized carbons (Fsp3) is 0.171. The first-order valence-electron chi connectivity index (χ1n) is 14.5. The Morgan fingerprint density at radius 3 is 2.35 bits per heavy atom. The van der Waals surface area contributed by atoms with Crippen molar-refractivity contribution in [2.45, 2.75) is 44.3 Å². The normalized spacial score (nSPS) is 14.1. The number of anilines is 2. The summed E-state index contributed by atoms with van der Waals surface area (Å²) in [6.45, 7) is 6.11. The number of allylic oxidation sites excluding steroid dienone is 1. The van der Waals surface area contributed by atoms with E-state index < -0.39 is 6.04 Å². The second-order valence-corrected chi connectivity index (χ2v) is 13.0. The van der Waals surface area contributed by atoms with E-state index in [9.17, 15) is 4.79 Å². The third kappa shape index (κ3) is 6.76. The SMILES string of the molecule is CC1=C(C(=O)Nc2cccc(C)c2C)C(c2ccc(OCc3c(Cl)cccc3Cl)cc2)n2nc(SCc3ccccc3Cl)nc2N1. The van der Waals surface area contributed by atoms with E-state index in [0.717, 1.165) is 27.9 Å². The number of nitrogens with zero attached hydrogens (tertiary/aromatic N) is 3. The van der Waals surface area contributed by atoms with Crippen LogP contribution < -0.4 is 15.4 Å². The Kier molecular flexibility index (Phi) is 9.61. The van der Waals surface area contributed by atoms with Gasteiger partial charge in [-0.2, -0.15) is 4.98 Å². The van der Waals surface area contributed by atoms with Crippen LogP contribution in [0.25, 0.3) is 0 Å². The largest absolute Gasteiger partial charge is 0.489 e. The Balaban J connectivity index is 1.32. The van der Waals surface area contributed by atoms with Gasteiger partial charge in [0.15, 0.2) is 0 Å². The van der Waals surface area contributed by atoms with Crippen LogP contribution in [0.1, 0.15) is 40.8 Å². The zero-order valence-electron chi connectivity index (χ0n) is 25.3. The minimum absolute atomic E-state index is 0.215. The van der Waals surface area contributed by atoms with Gasteiger partial charge in [0.25, 0.3) is 5.91 Å². The van der Waals surface area contributed by atoms with Crippen molar-refractivity contribution >= 4 is 64.1 Å². The summed E-state index contributed by atoms with van der Waals surface area (Å²) in [5.41, 5.74) is 6.61. The molecule has 46 heavy (non-hydrogen) atoms. The first-order valence-corrected chi connectivity index (χ1v) is 16.6. The number of thioether (sulfide) groups is 1. The molecule has 0 saturated heterocycles. The Labute approximate surface area is 286 Å². The standard InChI is InChI=1S/C35H30Cl3N5O2S/c1-20-8-6-13-30(21(20)2)40-33(44)31-22(3)39-34-41-35(46-19-24-9-4-5-10-27(24)36)42-43(34)32(31)23-14-16-25(17-15-23)45-18-26-28(37)11-7-12-29(26)38/h4-17,32H,18-19H2,1-3H3,(H,40,44)(H,39,41,42). The van der Waals surface area contributed by atoms with Crippen molar-refractivity contribution in [3.8, 4) is 5.75 Å². The summed E-state index contributed by atoms with van der Waals surface area (Å²) >= 11 is 20.5. The minimum atomic E-state index is -0.560. The fourth-order valence-corrected chi connectivity index (χ4v) is 6.82. The Hall–Kier alpha value is -3.95. The summed E-state index contributed by atoms with van der Waals surface area (Å²) in [6.07, 6.45) is 0. The van der Waals surface area contributed by atoms with Crippen LogP contribution in [0.2, 0.25) is 15.1 Å². The van der Waals surface area contributed by atoms with Crippen molar-refractivity contribution in [2.24, 2.45) is 0 Å². The van der Waals surface area contributed by atoms with E-state index in [2.05, 4.69) is 10.6 Å². The maximum atomic E-state index is 14.0. The van der Waals surface area contributed by atoms with Crippen molar-refractivity contribution in [3.63, 3.8) is 0 Å². The second kappa shape index (κ2) is 13.8. The molecule has 0 aliphatic carbocycles. The number of aryl methyl sites for hydroxylation is 1. The van der Waals surface area contributed by atoms with Crippen LogP contribution in [0.3, 0.4) is 0 Å². The molecule has 1 unspecified atom stereocenters. The van der Waals surface area contributed by atoms with E-state index in [-0.39, 0.29) is 12.5 Å². The lowest BCUT2D eigenvalue weighted by Crippen LogP contribution is -2.31. The molecule has 0 saturated carbocycles. The molecule has 7 nitrogen and oxygen atoms in total. The first kappa shape index (κ1) is 32.0. The third-order valence-electron chi connectivity index (χ3n) is 7.89. The fourth-order valence-electron chi connectivity index (χ4n) is 5.20. The summed E-state index contributed by atoms with van der Waals surface area (Å²) in [6, 6.07) is 25.9. The van der Waals surface area contributed by atoms with Gasteiger partial charge in [-0.15, -0.1) is 5.10 Å². The quantitative estimate of drug-likeness (QED) is 0.150. The van der Waals surface area contributed by atoms with Gasteiger partial charge in [0.05, 0.1) is 5.57 Å². The first-order chi connectivity index (χ1) is 22.2. The minimum Gasteiger partial charge on any atom is -0.489 e. The van der Waals surface area contributed by atoms with E-state index in [0.29, 0.717) is 54.5 Å². The summed E-state index contributed by atoms with van der Waals surface area (Å²) in [5.74, 6) is 1.54. The Bertz CT molecular complexity index is 1940. The molecule has 2 N–H and O–H groups in total. The van der Waals surface area contributed by atoms with Crippen molar-refractivity contribution in [1.82, 2.24) is 14.8 Å². The van der Waals surface area contributed by atoms with Crippen LogP contribution >= 0.6 is 46.6 Å². The van der Waals surface area contributed by atoms with Crippen LogP contribution in [0.4, 0.5) is 11.6 Å². The summed E-state index contributed by atoms with van der Waals surface area (Å²) in [7, 11) is 0. The number of aromatic nitrogens is 3. The van der Waals surface area contributed by atoms with Crippen LogP contribution in [0, 0.1) is 13.8 Å². The zero-order valence-corrected chi connectivity index (χ0v) is 28.4. The molecule has 1 atom stereocenters. The summed E-state index contributed by atoms with van der Waals surface area (Å²) in [4.78, 5) is 18.8. The van der Waals surface area contributed by atoms with Gasteiger partial charge in [0.1, 0.15) is 18.4 Å². The number of hydrogen-bond acceptors (Lipinski definition) is 6.